The van der Waals surface area contributed by atoms with Crippen LogP contribution in [-0.4, -0.2) is 59.1 Å². The van der Waals surface area contributed by atoms with Gasteiger partial charge in [0.2, 0.25) is 11.8 Å². The van der Waals surface area contributed by atoms with Gasteiger partial charge in [-0.3, -0.25) is 14.4 Å². The largest absolute Gasteiger partial charge is 0.507 e. The average Bonchev–Trinajstić information content (AvgIpc) is 2.91. The van der Waals surface area contributed by atoms with Gasteiger partial charge < -0.3 is 35.8 Å². The highest BCUT2D eigenvalue weighted by molar-refractivity contribution is 5.99. The van der Waals surface area contributed by atoms with Crippen molar-refractivity contribution >= 4 is 29.5 Å². The molecule has 2 aromatic carbocycles. The zero-order valence-electron chi connectivity index (χ0n) is 25.4. The predicted molar refractivity (Wildman–Crippen MR) is 160 cm³/mol. The van der Waals surface area contributed by atoms with Gasteiger partial charge in [-0.25, -0.2) is 4.79 Å². The number of ether oxygens (including phenoxy) is 2. The van der Waals surface area contributed by atoms with Crippen LogP contribution in [0.25, 0.3) is 0 Å². The maximum atomic E-state index is 14.2. The van der Waals surface area contributed by atoms with Crippen LogP contribution in [0.3, 0.4) is 0 Å². The van der Waals surface area contributed by atoms with Crippen molar-refractivity contribution in [3.63, 3.8) is 0 Å². The summed E-state index contributed by atoms with van der Waals surface area (Å²) in [5.74, 6) is -1.37. The van der Waals surface area contributed by atoms with Crippen LogP contribution in [0.15, 0.2) is 42.5 Å². The summed E-state index contributed by atoms with van der Waals surface area (Å²) in [6.45, 7) is 8.90. The Labute approximate surface area is 247 Å². The van der Waals surface area contributed by atoms with Gasteiger partial charge >= 0.3 is 6.09 Å². The van der Waals surface area contributed by atoms with Crippen LogP contribution in [0.2, 0.25) is 0 Å². The average molecular weight is 585 g/mol. The first-order valence-electron chi connectivity index (χ1n) is 14.1. The molecule has 11 nitrogen and oxygen atoms in total. The van der Waals surface area contributed by atoms with Crippen LogP contribution >= 0.6 is 0 Å². The Morgan fingerprint density at radius 3 is 2.29 bits per heavy atom. The van der Waals surface area contributed by atoms with E-state index in [0.717, 1.165) is 12.8 Å². The van der Waals surface area contributed by atoms with E-state index < -0.39 is 41.5 Å². The molecule has 0 aliphatic rings. The van der Waals surface area contributed by atoms with Gasteiger partial charge in [0.15, 0.2) is 0 Å². The monoisotopic (exact) mass is 584 g/mol. The van der Waals surface area contributed by atoms with E-state index in [0.29, 0.717) is 23.4 Å². The Kier molecular flexibility index (Phi) is 12.6. The van der Waals surface area contributed by atoms with Gasteiger partial charge in [-0.05, 0) is 70.4 Å². The highest BCUT2D eigenvalue weighted by atomic mass is 16.6. The molecule has 5 N–H and O–H groups in total. The smallest absolute Gasteiger partial charge is 0.408 e. The zero-order valence-corrected chi connectivity index (χ0v) is 25.4. The van der Waals surface area contributed by atoms with E-state index in [4.69, 9.17) is 15.2 Å². The summed E-state index contributed by atoms with van der Waals surface area (Å²) < 4.78 is 10.6. The quantitative estimate of drug-likeness (QED) is 0.237. The van der Waals surface area contributed by atoms with Gasteiger partial charge in [-0.2, -0.15) is 0 Å². The number of carbonyl (C=O) groups excluding carboxylic acids is 4. The van der Waals surface area contributed by atoms with Crippen molar-refractivity contribution in [2.24, 2.45) is 5.73 Å². The maximum Gasteiger partial charge on any atom is 0.408 e. The fourth-order valence-corrected chi connectivity index (χ4v) is 4.33. The van der Waals surface area contributed by atoms with Crippen LogP contribution in [0.1, 0.15) is 77.0 Å². The van der Waals surface area contributed by atoms with Crippen LogP contribution in [-0.2, 0) is 19.1 Å². The number of alkyl carbamates (subject to hydrolysis) is 1. The number of nitrogens with one attached hydrogen (secondary N) is 2. The molecule has 0 saturated heterocycles. The first kappa shape index (κ1) is 33.9. The molecule has 2 rings (SSSR count). The zero-order chi connectivity index (χ0) is 31.4. The summed E-state index contributed by atoms with van der Waals surface area (Å²) in [5, 5.41) is 16.5. The highest BCUT2D eigenvalue weighted by Crippen LogP contribution is 2.33. The number of aromatic hydroxyl groups is 1. The second-order valence-electron chi connectivity index (χ2n) is 11.1. The molecule has 0 fully saturated rings. The fourth-order valence-electron chi connectivity index (χ4n) is 4.33. The van der Waals surface area contributed by atoms with Gasteiger partial charge in [0, 0.05) is 24.2 Å². The number of anilines is 1. The Balaban J connectivity index is 2.59. The number of aryl methyl sites for hydroxylation is 1. The number of para-hydroxylation sites is 1. The van der Waals surface area contributed by atoms with Gasteiger partial charge in [-0.15, -0.1) is 0 Å². The minimum absolute atomic E-state index is 0.107. The molecule has 0 heterocycles. The molecule has 0 aromatic heterocycles. The molecular weight excluding hydrogens is 540 g/mol. The molecule has 42 heavy (non-hydrogen) atoms. The lowest BCUT2D eigenvalue weighted by molar-refractivity contribution is -0.141. The molecule has 2 unspecified atom stereocenters. The van der Waals surface area contributed by atoms with Crippen LogP contribution < -0.4 is 21.1 Å². The van der Waals surface area contributed by atoms with E-state index in [1.165, 1.54) is 12.0 Å². The summed E-state index contributed by atoms with van der Waals surface area (Å²) >= 11 is 0. The Bertz CT molecular complexity index is 1220. The maximum absolute atomic E-state index is 14.2. The second-order valence-corrected chi connectivity index (χ2v) is 11.1. The lowest BCUT2D eigenvalue weighted by atomic mass is 9.98. The minimum atomic E-state index is -1.27. The lowest BCUT2D eigenvalue weighted by Crippen LogP contribution is -2.52. The molecule has 2 aromatic rings. The number of primary amides is 1. The van der Waals surface area contributed by atoms with Crippen molar-refractivity contribution in [3.05, 3.63) is 53.6 Å². The van der Waals surface area contributed by atoms with E-state index >= 15 is 0 Å². The van der Waals surface area contributed by atoms with E-state index in [1.807, 2.05) is 6.92 Å². The summed E-state index contributed by atoms with van der Waals surface area (Å²) in [6.07, 6.45) is 1.02. The van der Waals surface area contributed by atoms with Crippen molar-refractivity contribution in [3.8, 4) is 11.5 Å². The number of hydrogen-bond acceptors (Lipinski definition) is 7. The third-order valence-electron chi connectivity index (χ3n) is 6.44. The fraction of sp³-hybridized carbons (Fsp3) is 0.484. The van der Waals surface area contributed by atoms with Crippen molar-refractivity contribution in [1.82, 2.24) is 10.2 Å². The molecule has 0 bridgehead atoms. The van der Waals surface area contributed by atoms with Gasteiger partial charge in [-0.1, -0.05) is 38.0 Å². The van der Waals surface area contributed by atoms with E-state index in [2.05, 4.69) is 10.6 Å². The third kappa shape index (κ3) is 10.3. The van der Waals surface area contributed by atoms with E-state index in [1.54, 1.807) is 70.2 Å². The standard InChI is InChI=1S/C31H44N4O7/c1-7-8-9-19-35(29(39)24(17-18-25(32)36)34-30(40)42-31(3,4)5)26(23-12-10-11-20(2)27(23)37)28(38)33-21-13-15-22(41-6)16-14-21/h10-16,24,26,37H,7-9,17-19H2,1-6H3,(H2,32,36)(H,33,38)(H,34,40). The summed E-state index contributed by atoms with van der Waals surface area (Å²) in [6, 6.07) is 9.16. The normalized spacial score (nSPS) is 12.5. The van der Waals surface area contributed by atoms with Crippen LogP contribution in [0, 0.1) is 6.92 Å². The Morgan fingerprint density at radius 2 is 1.71 bits per heavy atom. The minimum Gasteiger partial charge on any atom is -0.507 e. The number of amides is 4. The number of nitrogens with two attached hydrogens (primary N) is 1. The number of carbonyl (C=O) groups is 4. The molecule has 0 radical (unpaired) electrons. The van der Waals surface area contributed by atoms with Gasteiger partial charge in [0.05, 0.1) is 7.11 Å². The molecular formula is C31H44N4O7. The van der Waals surface area contributed by atoms with Gasteiger partial charge in [0.1, 0.15) is 29.2 Å². The van der Waals surface area contributed by atoms with E-state index in [9.17, 15) is 24.3 Å². The molecule has 0 aliphatic heterocycles. The molecule has 230 valence electrons. The van der Waals surface area contributed by atoms with Crippen molar-refractivity contribution in [2.45, 2.75) is 84.4 Å². The molecule has 0 spiro atoms. The number of phenols is 1. The lowest BCUT2D eigenvalue weighted by Gasteiger charge is -2.35. The van der Waals surface area contributed by atoms with Crippen molar-refractivity contribution in [2.75, 3.05) is 19.0 Å². The number of benzene rings is 2. The summed E-state index contributed by atoms with van der Waals surface area (Å²) in [4.78, 5) is 53.9. The SMILES string of the molecule is CCCCCN(C(=O)C(CCC(N)=O)NC(=O)OC(C)(C)C)C(C(=O)Nc1ccc(OC)cc1)c1cccc(C)c1O. The highest BCUT2D eigenvalue weighted by Gasteiger charge is 2.37. The summed E-state index contributed by atoms with van der Waals surface area (Å²) in [5.41, 5.74) is 5.73. The number of unbranched alkanes of at least 4 members (excludes halogenated alkanes) is 2. The number of methoxy groups -OCH3 is 1. The first-order chi connectivity index (χ1) is 19.8. The Hall–Kier alpha value is -4.28. The first-order valence-corrected chi connectivity index (χ1v) is 14.1. The summed E-state index contributed by atoms with van der Waals surface area (Å²) in [7, 11) is 1.53. The second kappa shape index (κ2) is 15.6. The molecule has 4 amide bonds. The Morgan fingerprint density at radius 1 is 1.05 bits per heavy atom. The molecule has 11 heteroatoms. The predicted octanol–water partition coefficient (Wildman–Crippen LogP) is 4.57. The number of rotatable bonds is 14. The van der Waals surface area contributed by atoms with Crippen LogP contribution in [0.4, 0.5) is 10.5 Å². The molecule has 2 atom stereocenters. The molecule has 0 saturated carbocycles. The van der Waals surface area contributed by atoms with Crippen molar-refractivity contribution in [1.29, 1.82) is 0 Å². The number of phenolic OH excluding ortho intramolecular Hbond substituents is 1. The van der Waals surface area contributed by atoms with Crippen LogP contribution in [0.5, 0.6) is 11.5 Å². The van der Waals surface area contributed by atoms with Crippen molar-refractivity contribution < 1.29 is 33.8 Å². The van der Waals surface area contributed by atoms with E-state index in [-0.39, 0.29) is 30.7 Å². The molecule has 0 aliphatic carbocycles. The topological polar surface area (TPSA) is 160 Å². The number of hydrogen-bond donors (Lipinski definition) is 4. The third-order valence-corrected chi connectivity index (χ3v) is 6.44. The number of nitrogens with zero attached hydrogens (tertiary/aromatic N) is 1. The van der Waals surface area contributed by atoms with Gasteiger partial charge in [0.25, 0.3) is 5.91 Å².